The van der Waals surface area contributed by atoms with Gasteiger partial charge in [0.15, 0.2) is 5.78 Å². The highest BCUT2D eigenvalue weighted by Crippen LogP contribution is 2.30. The molecule has 0 bridgehead atoms. The maximum atomic E-state index is 14.7. The minimum absolute atomic E-state index is 0.0577. The Morgan fingerprint density at radius 3 is 2.05 bits per heavy atom. The number of nitrogens with one attached hydrogen (secondary N) is 7. The average Bonchev–Trinajstić information content (AvgIpc) is 4.24. The molecule has 2 aliphatic heterocycles. The van der Waals surface area contributed by atoms with Crippen LogP contribution in [0.3, 0.4) is 0 Å². The first-order valence-electron chi connectivity index (χ1n) is 29.1. The fraction of sp³-hybridized carbons (Fsp3) is 0.661. The number of hydrogen-bond acceptors (Lipinski definition) is 13. The zero-order valence-corrected chi connectivity index (χ0v) is 50.4. The van der Waals surface area contributed by atoms with Crippen LogP contribution in [0.15, 0.2) is 42.6 Å². The molecule has 1 saturated heterocycles. The summed E-state index contributed by atoms with van der Waals surface area (Å²) in [6.07, 6.45) is 7.38. The fourth-order valence-corrected chi connectivity index (χ4v) is 11.1. The first kappa shape index (κ1) is 67.8. The van der Waals surface area contributed by atoms with Crippen LogP contribution in [0, 0.1) is 23.7 Å². The Bertz CT molecular complexity index is 2520. The third kappa shape index (κ3) is 19.5. The summed E-state index contributed by atoms with van der Waals surface area (Å²) in [5, 5.41) is 12.3. The molecule has 0 saturated carbocycles. The van der Waals surface area contributed by atoms with Crippen molar-refractivity contribution in [1.29, 1.82) is 0 Å². The number of aromatic amines is 1. The van der Waals surface area contributed by atoms with E-state index in [1.54, 1.807) is 30.8 Å². The second kappa shape index (κ2) is 33.4. The number of carbonyl (C=O) groups is 10. The number of nitrogens with zero attached hydrogens (tertiary/aromatic N) is 4. The Morgan fingerprint density at radius 1 is 0.793 bits per heavy atom. The summed E-state index contributed by atoms with van der Waals surface area (Å²) < 4.78 is 12.1. The van der Waals surface area contributed by atoms with E-state index >= 15 is 0 Å². The number of para-hydroxylation sites is 1. The molecule has 4 rings (SSSR count). The number of amides is 10. The van der Waals surface area contributed by atoms with Crippen LogP contribution >= 0.6 is 0 Å². The first-order chi connectivity index (χ1) is 38.9. The van der Waals surface area contributed by atoms with E-state index in [-0.39, 0.29) is 85.4 Å². The third-order valence-electron chi connectivity index (χ3n) is 15.9. The van der Waals surface area contributed by atoms with E-state index < -0.39 is 72.1 Å². The Kier molecular flexibility index (Phi) is 27.6. The van der Waals surface area contributed by atoms with Gasteiger partial charge in [0.2, 0.25) is 35.4 Å². The number of hydrazine groups is 1. The number of hydrogen-bond donors (Lipinski definition) is 7. The summed E-state index contributed by atoms with van der Waals surface area (Å²) >= 11 is 0. The molecule has 7 N–H and O–H groups in total. The number of rotatable bonds is 34. The molecule has 1 aromatic carbocycles. The smallest absolute Gasteiger partial charge is 0.314 e. The standard InChI is InChI=1S/C59H93N11O12/c1-13-38(6)54(46(81-11)34-51(76)69-31-19-23-45(69)55(82-12)39(7)56(77)63-44(40(8)71)33-41-35-62-43-22-17-16-21-42(41)43)68(10)58(79)52(36(2)3)64-57(78)53(37(4)5)67(9)30-20-25-48(73)66-65-47(72)24-15-14-18-28-60-59(80)61-29-32-70-49(74)26-27-50(70)75/h16-17,21-22,26-27,35-39,44-46,52-55,62H,13-15,18-20,23-25,28-34H2,1-12H3,(H,63,77)(H,64,78)(H,65,72)(H,66,73)(H2,60,61,80)/t38-,39+,44-,45-,46+,52-,53-,54-,55+/m0/s1. The topological polar surface area (TPSA) is 290 Å². The number of methoxy groups -OCH3 is 2. The van der Waals surface area contributed by atoms with Crippen molar-refractivity contribution in [1.82, 2.24) is 56.7 Å². The summed E-state index contributed by atoms with van der Waals surface area (Å²) in [7, 11) is 6.52. The van der Waals surface area contributed by atoms with Gasteiger partial charge in [-0.1, -0.05) is 79.5 Å². The number of imide groups is 1. The normalized spacial score (nSPS) is 17.3. The number of aromatic nitrogens is 1. The number of fused-ring (bicyclic) bond motifs is 1. The molecule has 1 aromatic heterocycles. The second-order valence-electron chi connectivity index (χ2n) is 22.6. The van der Waals surface area contributed by atoms with Gasteiger partial charge in [-0.15, -0.1) is 0 Å². The van der Waals surface area contributed by atoms with E-state index in [1.165, 1.54) is 33.3 Å². The summed E-state index contributed by atoms with van der Waals surface area (Å²) in [5.41, 5.74) is 6.73. The SMILES string of the molecule is CC[C@H](C)[C@@H]([C@@H](CC(=O)N1CCC[C@H]1[C@H](OC)[C@@H](C)C(=O)N[C@@H](Cc1c[nH]c2ccccc12)C(C)=O)OC)N(C)C(=O)[C@@H](NC(=O)[C@H](C(C)C)N(C)CCCC(=O)NNC(=O)CCCCCNC(=O)NCCN1C(=O)C=CC1=O)C(C)C. The van der Waals surface area contributed by atoms with Gasteiger partial charge in [0.25, 0.3) is 11.8 Å². The number of unbranched alkanes of at least 4 members (excludes halogenated alkanes) is 2. The van der Waals surface area contributed by atoms with Crippen LogP contribution in [0.4, 0.5) is 4.79 Å². The number of carbonyl (C=O) groups excluding carboxylic acids is 10. The minimum Gasteiger partial charge on any atom is -0.379 e. The first-order valence-corrected chi connectivity index (χ1v) is 29.1. The largest absolute Gasteiger partial charge is 0.379 e. The molecular weight excluding hydrogens is 1050 g/mol. The van der Waals surface area contributed by atoms with Gasteiger partial charge in [-0.05, 0) is 82.0 Å². The molecule has 0 radical (unpaired) electrons. The van der Waals surface area contributed by atoms with Crippen LogP contribution in [0.2, 0.25) is 0 Å². The van der Waals surface area contributed by atoms with Crippen LogP contribution in [0.25, 0.3) is 10.9 Å². The summed E-state index contributed by atoms with van der Waals surface area (Å²) in [6, 6.07) is 3.99. The molecule has 9 atom stereocenters. The number of likely N-dealkylation sites (N-methyl/N-ethyl adjacent to an activating group) is 2. The van der Waals surface area contributed by atoms with Crippen molar-refractivity contribution in [2.75, 3.05) is 61.0 Å². The number of ketones is 1. The number of H-pyrrole nitrogens is 1. The molecule has 3 heterocycles. The summed E-state index contributed by atoms with van der Waals surface area (Å²) in [6.45, 7) is 16.1. The van der Waals surface area contributed by atoms with Gasteiger partial charge in [-0.3, -0.25) is 63.8 Å². The molecule has 0 unspecified atom stereocenters. The Labute approximate surface area is 483 Å². The second-order valence-corrected chi connectivity index (χ2v) is 22.6. The number of Topliss-reactive ketones (excluding diaryl/α,β-unsaturated/α-hetero) is 1. The molecular formula is C59H93N11O12. The maximum absolute atomic E-state index is 14.7. The average molecular weight is 1150 g/mol. The Balaban J connectivity index is 1.26. The highest BCUT2D eigenvalue weighted by Gasteiger charge is 2.44. The zero-order chi connectivity index (χ0) is 60.8. The van der Waals surface area contributed by atoms with Crippen LogP contribution in [-0.2, 0) is 59.0 Å². The maximum Gasteiger partial charge on any atom is 0.314 e. The van der Waals surface area contributed by atoms with Crippen molar-refractivity contribution in [3.05, 3.63) is 48.2 Å². The Hall–Kier alpha value is -6.72. The van der Waals surface area contributed by atoms with Crippen LogP contribution in [0.1, 0.15) is 125 Å². The molecule has 2 aliphatic rings. The predicted octanol–water partition coefficient (Wildman–Crippen LogP) is 3.51. The number of urea groups is 1. The molecule has 23 nitrogen and oxygen atoms in total. The van der Waals surface area contributed by atoms with E-state index in [2.05, 4.69) is 37.1 Å². The number of benzene rings is 1. The number of likely N-dealkylation sites (tertiary alicyclic amines) is 1. The van der Waals surface area contributed by atoms with Crippen molar-refractivity contribution in [2.24, 2.45) is 23.7 Å². The van der Waals surface area contributed by atoms with E-state index in [0.29, 0.717) is 71.0 Å². The predicted molar refractivity (Wildman–Crippen MR) is 310 cm³/mol. The van der Waals surface area contributed by atoms with Gasteiger partial charge in [-0.2, -0.15) is 0 Å². The molecule has 0 spiro atoms. The highest BCUT2D eigenvalue weighted by molar-refractivity contribution is 6.12. The molecule has 2 aromatic rings. The summed E-state index contributed by atoms with van der Waals surface area (Å²) in [5.74, 6) is -4.36. The van der Waals surface area contributed by atoms with Crippen molar-refractivity contribution in [3.8, 4) is 0 Å². The molecule has 23 heteroatoms. The lowest BCUT2D eigenvalue weighted by molar-refractivity contribution is -0.148. The van der Waals surface area contributed by atoms with Gasteiger partial charge in [0.1, 0.15) is 6.04 Å². The van der Waals surface area contributed by atoms with E-state index in [4.69, 9.17) is 9.47 Å². The van der Waals surface area contributed by atoms with Gasteiger partial charge in [0.05, 0.1) is 48.7 Å². The fourth-order valence-electron chi connectivity index (χ4n) is 11.1. The lowest BCUT2D eigenvalue weighted by Crippen LogP contribution is -2.60. The van der Waals surface area contributed by atoms with Gasteiger partial charge >= 0.3 is 6.03 Å². The monoisotopic (exact) mass is 1150 g/mol. The van der Waals surface area contributed by atoms with Gasteiger partial charge < -0.3 is 45.5 Å². The van der Waals surface area contributed by atoms with Gasteiger partial charge in [0, 0.05) is 96.0 Å². The van der Waals surface area contributed by atoms with Crippen molar-refractivity contribution < 1.29 is 57.4 Å². The molecule has 10 amide bonds. The van der Waals surface area contributed by atoms with Crippen molar-refractivity contribution in [3.63, 3.8) is 0 Å². The van der Waals surface area contributed by atoms with E-state index in [0.717, 1.165) is 21.4 Å². The lowest BCUT2D eigenvalue weighted by Gasteiger charge is -2.41. The van der Waals surface area contributed by atoms with Crippen molar-refractivity contribution in [2.45, 2.75) is 168 Å². The van der Waals surface area contributed by atoms with Crippen molar-refractivity contribution >= 4 is 70.0 Å². The molecule has 1 fully saturated rings. The highest BCUT2D eigenvalue weighted by atomic mass is 16.5. The third-order valence-corrected chi connectivity index (χ3v) is 15.9. The number of ether oxygens (including phenoxy) is 2. The van der Waals surface area contributed by atoms with E-state index in [9.17, 15) is 47.9 Å². The van der Waals surface area contributed by atoms with E-state index in [1.807, 2.05) is 76.9 Å². The van der Waals surface area contributed by atoms with Crippen LogP contribution < -0.4 is 32.1 Å². The summed E-state index contributed by atoms with van der Waals surface area (Å²) in [4.78, 5) is 140. The molecule has 456 valence electrons. The lowest BCUT2D eigenvalue weighted by atomic mass is 9.89. The Morgan fingerprint density at radius 2 is 1.44 bits per heavy atom. The quantitative estimate of drug-likeness (QED) is 0.0301. The zero-order valence-electron chi connectivity index (χ0n) is 50.4. The molecule has 82 heavy (non-hydrogen) atoms. The van der Waals surface area contributed by atoms with Crippen LogP contribution in [0.5, 0.6) is 0 Å². The van der Waals surface area contributed by atoms with Crippen LogP contribution in [-0.4, -0.2) is 187 Å². The minimum atomic E-state index is -0.926. The molecule has 0 aliphatic carbocycles. The van der Waals surface area contributed by atoms with Gasteiger partial charge in [-0.25, -0.2) is 4.79 Å².